The summed E-state index contributed by atoms with van der Waals surface area (Å²) in [5, 5.41) is 3.39. The van der Waals surface area contributed by atoms with E-state index in [0.29, 0.717) is 24.0 Å². The predicted octanol–water partition coefficient (Wildman–Crippen LogP) is 2.28. The van der Waals surface area contributed by atoms with Crippen LogP contribution in [0.25, 0.3) is 0 Å². The molecule has 3 nitrogen and oxygen atoms in total. The number of hydrogen-bond acceptors (Lipinski definition) is 3. The molecule has 0 amide bonds. The molecule has 100 valence electrons. The Morgan fingerprint density at radius 3 is 2.83 bits per heavy atom. The topological polar surface area (TPSA) is 30.5 Å². The molecule has 0 spiro atoms. The molecule has 1 atom stereocenters. The first-order valence-corrected chi connectivity index (χ1v) is 6.34. The molecular formula is C14H20FNO2. The van der Waals surface area contributed by atoms with Gasteiger partial charge in [0.15, 0.2) is 0 Å². The molecule has 0 aromatic heterocycles. The average Bonchev–Trinajstić information content (AvgIpc) is 3.15. The lowest BCUT2D eigenvalue weighted by molar-refractivity contribution is 0.0801. The van der Waals surface area contributed by atoms with Crippen LogP contribution in [-0.2, 0) is 4.74 Å². The minimum absolute atomic E-state index is 0.0855. The number of ether oxygens (including phenoxy) is 2. The molecule has 2 rings (SSSR count). The van der Waals surface area contributed by atoms with Crippen molar-refractivity contribution in [1.82, 2.24) is 5.32 Å². The molecule has 4 heteroatoms. The van der Waals surface area contributed by atoms with Gasteiger partial charge in [-0.15, -0.1) is 0 Å². The zero-order valence-corrected chi connectivity index (χ0v) is 10.9. The highest BCUT2D eigenvalue weighted by Gasteiger charge is 2.22. The van der Waals surface area contributed by atoms with E-state index in [0.717, 1.165) is 6.54 Å². The molecular weight excluding hydrogens is 233 g/mol. The first-order chi connectivity index (χ1) is 8.69. The second-order valence-corrected chi connectivity index (χ2v) is 4.79. The molecule has 1 aliphatic rings. The number of methoxy groups -OCH3 is 1. The summed E-state index contributed by atoms with van der Waals surface area (Å²) in [5.41, 5.74) is 0.627. The van der Waals surface area contributed by atoms with Gasteiger partial charge in [-0.05, 0) is 31.4 Å². The van der Waals surface area contributed by atoms with E-state index < -0.39 is 0 Å². The molecule has 1 N–H and O–H groups in total. The Bertz CT molecular complexity index is 393. The number of nitrogens with one attached hydrogen (secondary N) is 1. The van der Waals surface area contributed by atoms with Crippen molar-refractivity contribution in [3.8, 4) is 5.75 Å². The zero-order valence-electron chi connectivity index (χ0n) is 10.9. The summed E-state index contributed by atoms with van der Waals surface area (Å²) >= 11 is 0. The van der Waals surface area contributed by atoms with Crippen molar-refractivity contribution in [2.75, 3.05) is 20.3 Å². The second kappa shape index (κ2) is 6.16. The minimum atomic E-state index is -0.237. The third kappa shape index (κ3) is 3.96. The van der Waals surface area contributed by atoms with Gasteiger partial charge < -0.3 is 14.8 Å². The van der Waals surface area contributed by atoms with Gasteiger partial charge in [-0.2, -0.15) is 0 Å². The molecule has 0 heterocycles. The van der Waals surface area contributed by atoms with Crippen molar-refractivity contribution in [3.05, 3.63) is 29.6 Å². The van der Waals surface area contributed by atoms with Crippen LogP contribution < -0.4 is 10.1 Å². The maximum atomic E-state index is 13.4. The Labute approximate surface area is 107 Å². The molecule has 0 saturated heterocycles. The van der Waals surface area contributed by atoms with Crippen LogP contribution in [0.4, 0.5) is 4.39 Å². The summed E-state index contributed by atoms with van der Waals surface area (Å²) in [4.78, 5) is 0. The molecule has 0 bridgehead atoms. The van der Waals surface area contributed by atoms with Gasteiger partial charge in [0.05, 0.1) is 6.61 Å². The van der Waals surface area contributed by atoms with Gasteiger partial charge in [0.1, 0.15) is 17.7 Å². The first kappa shape index (κ1) is 13.3. The fourth-order valence-electron chi connectivity index (χ4n) is 1.75. The van der Waals surface area contributed by atoms with Crippen LogP contribution >= 0.6 is 0 Å². The highest BCUT2D eigenvalue weighted by Crippen LogP contribution is 2.20. The van der Waals surface area contributed by atoms with E-state index in [-0.39, 0.29) is 11.9 Å². The van der Waals surface area contributed by atoms with Gasteiger partial charge in [-0.25, -0.2) is 4.39 Å². The molecule has 1 fully saturated rings. The largest absolute Gasteiger partial charge is 0.487 e. The van der Waals surface area contributed by atoms with Gasteiger partial charge in [0.2, 0.25) is 0 Å². The number of aryl methyl sites for hydroxylation is 1. The smallest absolute Gasteiger partial charge is 0.134 e. The van der Waals surface area contributed by atoms with E-state index in [4.69, 9.17) is 9.47 Å². The van der Waals surface area contributed by atoms with Gasteiger partial charge in [0, 0.05) is 25.8 Å². The minimum Gasteiger partial charge on any atom is -0.487 e. The van der Waals surface area contributed by atoms with Crippen LogP contribution in [0.1, 0.15) is 18.4 Å². The fourth-order valence-corrected chi connectivity index (χ4v) is 1.75. The van der Waals surface area contributed by atoms with Crippen LogP contribution in [0.15, 0.2) is 18.2 Å². The molecule has 1 aromatic rings. The average molecular weight is 253 g/mol. The van der Waals surface area contributed by atoms with Crippen LogP contribution in [0.5, 0.6) is 5.75 Å². The van der Waals surface area contributed by atoms with Gasteiger partial charge >= 0.3 is 0 Å². The fraction of sp³-hybridized carbons (Fsp3) is 0.571. The van der Waals surface area contributed by atoms with Crippen LogP contribution in [0.2, 0.25) is 0 Å². The lowest BCUT2D eigenvalue weighted by Gasteiger charge is -2.19. The number of hydrogen-bond donors (Lipinski definition) is 1. The van der Waals surface area contributed by atoms with E-state index in [1.807, 2.05) is 0 Å². The highest BCUT2D eigenvalue weighted by molar-refractivity contribution is 5.28. The van der Waals surface area contributed by atoms with E-state index in [1.54, 1.807) is 26.2 Å². The number of rotatable bonds is 7. The standard InChI is InChI=1S/C14H20FNO2/c1-10-3-6-12(7-14(10)15)18-13(9-17-2)8-16-11-4-5-11/h3,6-7,11,13,16H,4-5,8-9H2,1-2H3. The molecule has 0 radical (unpaired) electrons. The maximum absolute atomic E-state index is 13.4. The lowest BCUT2D eigenvalue weighted by Crippen LogP contribution is -2.35. The van der Waals surface area contributed by atoms with E-state index in [9.17, 15) is 4.39 Å². The number of halogens is 1. The van der Waals surface area contributed by atoms with Crippen molar-refractivity contribution < 1.29 is 13.9 Å². The third-order valence-corrected chi connectivity index (χ3v) is 3.01. The van der Waals surface area contributed by atoms with Gasteiger partial charge in [-0.1, -0.05) is 6.07 Å². The summed E-state index contributed by atoms with van der Waals surface area (Å²) < 4.78 is 24.3. The maximum Gasteiger partial charge on any atom is 0.134 e. The Balaban J connectivity index is 1.90. The van der Waals surface area contributed by atoms with Crippen molar-refractivity contribution in [2.45, 2.75) is 31.9 Å². The zero-order chi connectivity index (χ0) is 13.0. The van der Waals surface area contributed by atoms with Crippen molar-refractivity contribution in [2.24, 2.45) is 0 Å². The summed E-state index contributed by atoms with van der Waals surface area (Å²) in [7, 11) is 1.64. The molecule has 1 aliphatic carbocycles. The Hall–Kier alpha value is -1.13. The number of benzene rings is 1. The predicted molar refractivity (Wildman–Crippen MR) is 68.5 cm³/mol. The van der Waals surface area contributed by atoms with E-state index in [1.165, 1.54) is 18.9 Å². The third-order valence-electron chi connectivity index (χ3n) is 3.01. The van der Waals surface area contributed by atoms with Crippen molar-refractivity contribution >= 4 is 0 Å². The molecule has 1 aromatic carbocycles. The second-order valence-electron chi connectivity index (χ2n) is 4.79. The monoisotopic (exact) mass is 253 g/mol. The summed E-state index contributed by atoms with van der Waals surface area (Å²) in [6.45, 7) is 2.96. The first-order valence-electron chi connectivity index (χ1n) is 6.34. The van der Waals surface area contributed by atoms with Crippen LogP contribution in [-0.4, -0.2) is 32.4 Å². The lowest BCUT2D eigenvalue weighted by atomic mass is 10.2. The summed E-state index contributed by atoms with van der Waals surface area (Å²) in [6, 6.07) is 5.57. The summed E-state index contributed by atoms with van der Waals surface area (Å²) in [6.07, 6.45) is 2.38. The Morgan fingerprint density at radius 1 is 1.44 bits per heavy atom. The highest BCUT2D eigenvalue weighted by atomic mass is 19.1. The van der Waals surface area contributed by atoms with Crippen LogP contribution in [0, 0.1) is 12.7 Å². The quantitative estimate of drug-likeness (QED) is 0.808. The molecule has 0 aliphatic heterocycles. The molecule has 1 unspecified atom stereocenters. The normalized spacial score (nSPS) is 16.6. The molecule has 1 saturated carbocycles. The Morgan fingerprint density at radius 2 is 2.22 bits per heavy atom. The SMILES string of the molecule is COCC(CNC1CC1)Oc1ccc(C)c(F)c1. The summed E-state index contributed by atoms with van der Waals surface area (Å²) in [5.74, 6) is 0.316. The van der Waals surface area contributed by atoms with Crippen LogP contribution in [0.3, 0.4) is 0 Å². The Kier molecular flexibility index (Phi) is 4.55. The van der Waals surface area contributed by atoms with E-state index in [2.05, 4.69) is 5.32 Å². The van der Waals surface area contributed by atoms with Crippen molar-refractivity contribution in [3.63, 3.8) is 0 Å². The van der Waals surface area contributed by atoms with Crippen molar-refractivity contribution in [1.29, 1.82) is 0 Å². The molecule has 18 heavy (non-hydrogen) atoms. The van der Waals surface area contributed by atoms with Gasteiger partial charge in [-0.3, -0.25) is 0 Å². The van der Waals surface area contributed by atoms with Gasteiger partial charge in [0.25, 0.3) is 0 Å². The van der Waals surface area contributed by atoms with E-state index >= 15 is 0 Å².